The summed E-state index contributed by atoms with van der Waals surface area (Å²) >= 11 is 0. The summed E-state index contributed by atoms with van der Waals surface area (Å²) in [5, 5.41) is 8.67. The van der Waals surface area contributed by atoms with E-state index < -0.39 is 0 Å². The predicted octanol–water partition coefficient (Wildman–Crippen LogP) is 2.43. The SMILES string of the molecule is COCCOCC(=O)N1CC(c2nnc(-c3ccc(C)cc3)o2)C2(CCOCC2)C1. The minimum Gasteiger partial charge on any atom is -0.420 e. The number of rotatable bonds is 7. The number of carbonyl (C=O) groups excluding carboxylic acids is 1. The van der Waals surface area contributed by atoms with Crippen LogP contribution in [0.3, 0.4) is 0 Å². The fraction of sp³-hybridized carbons (Fsp3) is 0.591. The number of hydrogen-bond acceptors (Lipinski definition) is 7. The van der Waals surface area contributed by atoms with Gasteiger partial charge in [0.25, 0.3) is 0 Å². The highest BCUT2D eigenvalue weighted by molar-refractivity contribution is 5.78. The lowest BCUT2D eigenvalue weighted by molar-refractivity contribution is -0.136. The molecule has 0 N–H and O–H groups in total. The Morgan fingerprint density at radius 2 is 1.97 bits per heavy atom. The monoisotopic (exact) mass is 415 g/mol. The largest absolute Gasteiger partial charge is 0.420 e. The van der Waals surface area contributed by atoms with E-state index in [-0.39, 0.29) is 23.8 Å². The third-order valence-electron chi connectivity index (χ3n) is 6.18. The van der Waals surface area contributed by atoms with Crippen molar-refractivity contribution in [1.29, 1.82) is 0 Å². The van der Waals surface area contributed by atoms with E-state index in [1.54, 1.807) is 7.11 Å². The molecule has 1 atom stereocenters. The first-order chi connectivity index (χ1) is 14.6. The maximum Gasteiger partial charge on any atom is 0.248 e. The van der Waals surface area contributed by atoms with E-state index in [1.807, 2.05) is 36.1 Å². The van der Waals surface area contributed by atoms with Gasteiger partial charge in [-0.25, -0.2) is 0 Å². The summed E-state index contributed by atoms with van der Waals surface area (Å²) in [7, 11) is 1.61. The second-order valence-electron chi connectivity index (χ2n) is 8.16. The molecule has 30 heavy (non-hydrogen) atoms. The second kappa shape index (κ2) is 9.24. The van der Waals surface area contributed by atoms with Crippen LogP contribution in [0.15, 0.2) is 28.7 Å². The topological polar surface area (TPSA) is 86.9 Å². The highest BCUT2D eigenvalue weighted by Gasteiger charge is 2.51. The second-order valence-corrected chi connectivity index (χ2v) is 8.16. The number of methoxy groups -OCH3 is 1. The number of carbonyl (C=O) groups is 1. The number of hydrogen-bond donors (Lipinski definition) is 0. The molecule has 2 aromatic rings. The molecule has 1 spiro atoms. The quantitative estimate of drug-likeness (QED) is 0.642. The Morgan fingerprint density at radius 3 is 2.70 bits per heavy atom. The van der Waals surface area contributed by atoms with Gasteiger partial charge in [0.05, 0.1) is 19.1 Å². The summed E-state index contributed by atoms with van der Waals surface area (Å²) in [4.78, 5) is 14.6. The molecular weight excluding hydrogens is 386 g/mol. The summed E-state index contributed by atoms with van der Waals surface area (Å²) < 4.78 is 22.1. The van der Waals surface area contributed by atoms with Crippen molar-refractivity contribution < 1.29 is 23.4 Å². The van der Waals surface area contributed by atoms with Crippen LogP contribution in [0.25, 0.3) is 11.5 Å². The van der Waals surface area contributed by atoms with E-state index in [0.717, 1.165) is 18.4 Å². The van der Waals surface area contributed by atoms with E-state index in [2.05, 4.69) is 10.2 Å². The summed E-state index contributed by atoms with van der Waals surface area (Å²) in [5.74, 6) is 1.09. The molecule has 8 nitrogen and oxygen atoms in total. The molecule has 4 rings (SSSR count). The highest BCUT2D eigenvalue weighted by Crippen LogP contribution is 2.49. The predicted molar refractivity (Wildman–Crippen MR) is 109 cm³/mol. The van der Waals surface area contributed by atoms with Gasteiger partial charge in [0, 0.05) is 44.4 Å². The van der Waals surface area contributed by atoms with Crippen LogP contribution in [0.5, 0.6) is 0 Å². The summed E-state index contributed by atoms with van der Waals surface area (Å²) in [6.07, 6.45) is 1.74. The van der Waals surface area contributed by atoms with E-state index in [4.69, 9.17) is 18.6 Å². The molecule has 1 unspecified atom stereocenters. The standard InChI is InChI=1S/C22H29N3O5/c1-16-3-5-17(6-4-16)20-23-24-21(30-20)18-13-25(19(26)14-29-12-11-27-2)15-22(18)7-9-28-10-8-22/h3-6,18H,7-15H2,1-2H3. The molecule has 0 radical (unpaired) electrons. The van der Waals surface area contributed by atoms with Gasteiger partial charge in [0.2, 0.25) is 17.7 Å². The third-order valence-corrected chi connectivity index (χ3v) is 6.18. The highest BCUT2D eigenvalue weighted by atomic mass is 16.5. The minimum absolute atomic E-state index is 0.00368. The smallest absolute Gasteiger partial charge is 0.248 e. The fourth-order valence-corrected chi connectivity index (χ4v) is 4.36. The molecule has 2 saturated heterocycles. The Hall–Kier alpha value is -2.29. The first-order valence-corrected chi connectivity index (χ1v) is 10.4. The lowest BCUT2D eigenvalue weighted by Crippen LogP contribution is -2.38. The normalized spacial score (nSPS) is 20.7. The van der Waals surface area contributed by atoms with Crippen molar-refractivity contribution >= 4 is 5.91 Å². The van der Waals surface area contributed by atoms with Crippen molar-refractivity contribution in [2.24, 2.45) is 5.41 Å². The minimum atomic E-state index is -0.0997. The molecule has 162 valence electrons. The molecular formula is C22H29N3O5. The third kappa shape index (κ3) is 4.40. The number of amides is 1. The molecule has 2 aliphatic heterocycles. The number of aromatic nitrogens is 2. The van der Waals surface area contributed by atoms with Gasteiger partial charge in [-0.05, 0) is 31.9 Å². The van der Waals surface area contributed by atoms with Gasteiger partial charge < -0.3 is 23.5 Å². The van der Waals surface area contributed by atoms with Gasteiger partial charge in [-0.2, -0.15) is 0 Å². The lowest BCUT2D eigenvalue weighted by atomic mass is 9.72. The van der Waals surface area contributed by atoms with E-state index >= 15 is 0 Å². The first-order valence-electron chi connectivity index (χ1n) is 10.4. The van der Waals surface area contributed by atoms with Crippen molar-refractivity contribution in [2.45, 2.75) is 25.7 Å². The zero-order valence-electron chi connectivity index (χ0n) is 17.6. The van der Waals surface area contributed by atoms with Crippen LogP contribution in [-0.4, -0.2) is 74.2 Å². The van der Waals surface area contributed by atoms with E-state index in [0.29, 0.717) is 51.3 Å². The average Bonchev–Trinajstić information content (AvgIpc) is 3.38. The molecule has 0 bridgehead atoms. The Kier molecular flexibility index (Phi) is 6.46. The first kappa shape index (κ1) is 21.0. The zero-order valence-corrected chi connectivity index (χ0v) is 17.6. The van der Waals surface area contributed by atoms with E-state index in [1.165, 1.54) is 5.56 Å². The van der Waals surface area contributed by atoms with Crippen molar-refractivity contribution in [3.05, 3.63) is 35.7 Å². The molecule has 0 aliphatic carbocycles. The van der Waals surface area contributed by atoms with Crippen LogP contribution in [0.4, 0.5) is 0 Å². The zero-order chi connectivity index (χ0) is 21.0. The van der Waals surface area contributed by atoms with Crippen molar-refractivity contribution in [2.75, 3.05) is 53.2 Å². The van der Waals surface area contributed by atoms with Crippen LogP contribution in [-0.2, 0) is 19.0 Å². The van der Waals surface area contributed by atoms with Gasteiger partial charge >= 0.3 is 0 Å². The molecule has 2 fully saturated rings. The molecule has 1 aromatic carbocycles. The van der Waals surface area contributed by atoms with Crippen LogP contribution in [0.2, 0.25) is 0 Å². The average molecular weight is 415 g/mol. The Balaban J connectivity index is 1.51. The van der Waals surface area contributed by atoms with Gasteiger partial charge in [-0.3, -0.25) is 4.79 Å². The lowest BCUT2D eigenvalue weighted by Gasteiger charge is -2.36. The van der Waals surface area contributed by atoms with Crippen LogP contribution in [0, 0.1) is 12.3 Å². The molecule has 2 aliphatic rings. The summed E-state index contributed by atoms with van der Waals surface area (Å²) in [6.45, 7) is 5.56. The number of benzene rings is 1. The Morgan fingerprint density at radius 1 is 1.20 bits per heavy atom. The summed E-state index contributed by atoms with van der Waals surface area (Å²) in [6, 6.07) is 8.02. The van der Waals surface area contributed by atoms with Gasteiger partial charge in [0.15, 0.2) is 0 Å². The maximum atomic E-state index is 12.7. The van der Waals surface area contributed by atoms with Crippen molar-refractivity contribution in [3.8, 4) is 11.5 Å². The molecule has 3 heterocycles. The van der Waals surface area contributed by atoms with Gasteiger partial charge in [0.1, 0.15) is 6.61 Å². The fourth-order valence-electron chi connectivity index (χ4n) is 4.36. The van der Waals surface area contributed by atoms with Crippen molar-refractivity contribution in [1.82, 2.24) is 15.1 Å². The maximum absolute atomic E-state index is 12.7. The van der Waals surface area contributed by atoms with Crippen molar-refractivity contribution in [3.63, 3.8) is 0 Å². The Labute approximate surface area is 176 Å². The van der Waals surface area contributed by atoms with Crippen LogP contribution >= 0.6 is 0 Å². The molecule has 0 saturated carbocycles. The van der Waals surface area contributed by atoms with Crippen LogP contribution < -0.4 is 0 Å². The number of ether oxygens (including phenoxy) is 3. The van der Waals surface area contributed by atoms with Gasteiger partial charge in [-0.1, -0.05) is 17.7 Å². The Bertz CT molecular complexity index is 845. The number of aryl methyl sites for hydroxylation is 1. The number of nitrogens with zero attached hydrogens (tertiary/aromatic N) is 3. The molecule has 1 aromatic heterocycles. The molecule has 1 amide bonds. The summed E-state index contributed by atoms with van der Waals surface area (Å²) in [5.41, 5.74) is 1.98. The van der Waals surface area contributed by atoms with Gasteiger partial charge in [-0.15, -0.1) is 10.2 Å². The van der Waals surface area contributed by atoms with E-state index in [9.17, 15) is 4.79 Å². The number of likely N-dealkylation sites (tertiary alicyclic amines) is 1. The molecule has 8 heteroatoms. The van der Waals surface area contributed by atoms with Crippen LogP contribution in [0.1, 0.15) is 30.2 Å².